The highest BCUT2D eigenvalue weighted by Crippen LogP contribution is 2.38. The van der Waals surface area contributed by atoms with Gasteiger partial charge in [-0.2, -0.15) is 0 Å². The Morgan fingerprint density at radius 3 is 1.95 bits per heavy atom. The Bertz CT molecular complexity index is 659. The van der Waals surface area contributed by atoms with E-state index in [-0.39, 0.29) is 10.8 Å². The molecule has 0 saturated heterocycles. The lowest BCUT2D eigenvalue weighted by Gasteiger charge is -2.32. The lowest BCUT2D eigenvalue weighted by Crippen LogP contribution is -2.23. The molecule has 0 fully saturated rings. The Balaban J connectivity index is 2.61. The maximum atomic E-state index is 2.44. The van der Waals surface area contributed by atoms with Crippen molar-refractivity contribution < 1.29 is 0 Å². The molecule has 0 aromatic heterocycles. The van der Waals surface area contributed by atoms with E-state index in [0.717, 1.165) is 6.42 Å². The van der Waals surface area contributed by atoms with Crippen molar-refractivity contribution in [3.63, 3.8) is 0 Å². The first-order chi connectivity index (χ1) is 10.2. The number of hydrogen-bond donors (Lipinski definition) is 0. The van der Waals surface area contributed by atoms with E-state index in [4.69, 9.17) is 0 Å². The van der Waals surface area contributed by atoms with Gasteiger partial charge in [0, 0.05) is 5.41 Å². The van der Waals surface area contributed by atoms with Gasteiger partial charge in [-0.25, -0.2) is 0 Å². The standard InChI is InChI=1S/C22H30/c1-8-21(4,5)18-14-13-17(3)20(15-18)22(6,7)19-12-10-9-11-16(19)2/h9-15H,8H2,1-7H3. The van der Waals surface area contributed by atoms with E-state index in [1.807, 2.05) is 0 Å². The molecule has 0 atom stereocenters. The van der Waals surface area contributed by atoms with Gasteiger partial charge in [0.25, 0.3) is 0 Å². The molecule has 2 rings (SSSR count). The first-order valence-electron chi connectivity index (χ1n) is 8.38. The molecule has 118 valence electrons. The molecule has 0 unspecified atom stereocenters. The van der Waals surface area contributed by atoms with Crippen LogP contribution >= 0.6 is 0 Å². The quantitative estimate of drug-likeness (QED) is 0.619. The molecule has 2 aromatic rings. The zero-order valence-electron chi connectivity index (χ0n) is 15.2. The van der Waals surface area contributed by atoms with Crippen molar-refractivity contribution in [2.24, 2.45) is 0 Å². The van der Waals surface area contributed by atoms with Crippen molar-refractivity contribution in [2.75, 3.05) is 0 Å². The highest BCUT2D eigenvalue weighted by molar-refractivity contribution is 5.47. The molecule has 0 amide bonds. The first kappa shape index (κ1) is 16.8. The Morgan fingerprint density at radius 2 is 1.36 bits per heavy atom. The van der Waals surface area contributed by atoms with Gasteiger partial charge in [-0.15, -0.1) is 0 Å². The zero-order chi connectivity index (χ0) is 16.5. The van der Waals surface area contributed by atoms with Crippen LogP contribution in [-0.4, -0.2) is 0 Å². The van der Waals surface area contributed by atoms with Crippen LogP contribution in [0.5, 0.6) is 0 Å². The molecule has 0 N–H and O–H groups in total. The van der Waals surface area contributed by atoms with Gasteiger partial charge in [0.05, 0.1) is 0 Å². The second kappa shape index (κ2) is 5.91. The third kappa shape index (κ3) is 2.97. The smallest absolute Gasteiger partial charge is 0.0151 e. The van der Waals surface area contributed by atoms with Gasteiger partial charge in [-0.1, -0.05) is 77.1 Å². The molecule has 0 aliphatic heterocycles. The van der Waals surface area contributed by atoms with Gasteiger partial charge in [-0.05, 0) is 53.5 Å². The fraction of sp³-hybridized carbons (Fsp3) is 0.455. The Morgan fingerprint density at radius 1 is 0.773 bits per heavy atom. The van der Waals surface area contributed by atoms with Crippen molar-refractivity contribution in [3.8, 4) is 0 Å². The monoisotopic (exact) mass is 294 g/mol. The second-order valence-corrected chi connectivity index (χ2v) is 7.71. The fourth-order valence-electron chi connectivity index (χ4n) is 3.34. The number of aryl methyl sites for hydroxylation is 2. The minimum atomic E-state index is 0.0231. The van der Waals surface area contributed by atoms with Crippen molar-refractivity contribution in [1.29, 1.82) is 0 Å². The maximum absolute atomic E-state index is 2.44. The first-order valence-corrected chi connectivity index (χ1v) is 8.38. The van der Waals surface area contributed by atoms with Crippen molar-refractivity contribution >= 4 is 0 Å². The van der Waals surface area contributed by atoms with E-state index in [0.29, 0.717) is 0 Å². The number of rotatable bonds is 4. The van der Waals surface area contributed by atoms with Crippen LogP contribution in [0.3, 0.4) is 0 Å². The number of hydrogen-bond acceptors (Lipinski definition) is 0. The van der Waals surface area contributed by atoms with E-state index in [1.165, 1.54) is 27.8 Å². The minimum absolute atomic E-state index is 0.0231. The van der Waals surface area contributed by atoms with Crippen LogP contribution in [0, 0.1) is 13.8 Å². The van der Waals surface area contributed by atoms with E-state index < -0.39 is 0 Å². The molecule has 0 aliphatic rings. The topological polar surface area (TPSA) is 0 Å². The van der Waals surface area contributed by atoms with E-state index in [1.54, 1.807) is 0 Å². The number of benzene rings is 2. The average Bonchev–Trinajstić information content (AvgIpc) is 2.47. The Labute approximate surface area is 136 Å². The molecule has 0 nitrogen and oxygen atoms in total. The molecular formula is C22H30. The second-order valence-electron chi connectivity index (χ2n) is 7.71. The lowest BCUT2D eigenvalue weighted by molar-refractivity contribution is 0.503. The van der Waals surface area contributed by atoms with Gasteiger partial charge in [0.1, 0.15) is 0 Å². The van der Waals surface area contributed by atoms with E-state index >= 15 is 0 Å². The van der Waals surface area contributed by atoms with Crippen molar-refractivity contribution in [2.45, 2.75) is 65.7 Å². The third-order valence-corrected chi connectivity index (χ3v) is 5.39. The van der Waals surface area contributed by atoms with Crippen LogP contribution in [0.1, 0.15) is 68.9 Å². The SMILES string of the molecule is CCC(C)(C)c1ccc(C)c(C(C)(C)c2ccccc2C)c1. The van der Waals surface area contributed by atoms with E-state index in [9.17, 15) is 0 Å². The molecule has 0 heteroatoms. The summed E-state index contributed by atoms with van der Waals surface area (Å²) >= 11 is 0. The van der Waals surface area contributed by atoms with Crippen LogP contribution in [0.2, 0.25) is 0 Å². The Hall–Kier alpha value is -1.56. The predicted molar refractivity (Wildman–Crippen MR) is 97.8 cm³/mol. The summed E-state index contributed by atoms with van der Waals surface area (Å²) in [6.07, 6.45) is 1.15. The summed E-state index contributed by atoms with van der Waals surface area (Å²) in [5.41, 5.74) is 7.30. The normalized spacial score (nSPS) is 12.5. The highest BCUT2D eigenvalue weighted by Gasteiger charge is 2.28. The molecule has 0 radical (unpaired) electrons. The largest absolute Gasteiger partial charge is 0.0646 e. The lowest BCUT2D eigenvalue weighted by atomic mass is 9.72. The van der Waals surface area contributed by atoms with Gasteiger partial charge >= 0.3 is 0 Å². The minimum Gasteiger partial charge on any atom is -0.0646 e. The molecule has 0 bridgehead atoms. The van der Waals surface area contributed by atoms with E-state index in [2.05, 4.69) is 90.9 Å². The van der Waals surface area contributed by atoms with Gasteiger partial charge in [0.15, 0.2) is 0 Å². The molecule has 0 aliphatic carbocycles. The van der Waals surface area contributed by atoms with Gasteiger partial charge < -0.3 is 0 Å². The Kier molecular flexibility index (Phi) is 4.52. The molecule has 0 saturated carbocycles. The van der Waals surface area contributed by atoms with Gasteiger partial charge in [0.2, 0.25) is 0 Å². The summed E-state index contributed by atoms with van der Waals surface area (Å²) < 4.78 is 0. The maximum Gasteiger partial charge on any atom is 0.0151 e. The van der Waals surface area contributed by atoms with Crippen LogP contribution in [0.15, 0.2) is 42.5 Å². The van der Waals surface area contributed by atoms with Crippen LogP contribution in [0.25, 0.3) is 0 Å². The molecule has 22 heavy (non-hydrogen) atoms. The fourth-order valence-corrected chi connectivity index (χ4v) is 3.34. The van der Waals surface area contributed by atoms with Crippen LogP contribution in [-0.2, 0) is 10.8 Å². The summed E-state index contributed by atoms with van der Waals surface area (Å²) in [6, 6.07) is 15.8. The molecule has 2 aromatic carbocycles. The van der Waals surface area contributed by atoms with Crippen molar-refractivity contribution in [3.05, 3.63) is 70.3 Å². The molecule has 0 spiro atoms. The third-order valence-electron chi connectivity index (χ3n) is 5.39. The molecular weight excluding hydrogens is 264 g/mol. The summed E-state index contributed by atoms with van der Waals surface area (Å²) in [7, 11) is 0. The summed E-state index contributed by atoms with van der Waals surface area (Å²) in [5, 5.41) is 0. The summed E-state index contributed by atoms with van der Waals surface area (Å²) in [4.78, 5) is 0. The van der Waals surface area contributed by atoms with Crippen molar-refractivity contribution in [1.82, 2.24) is 0 Å². The highest BCUT2D eigenvalue weighted by atomic mass is 14.3. The van der Waals surface area contributed by atoms with Crippen LogP contribution < -0.4 is 0 Å². The zero-order valence-corrected chi connectivity index (χ0v) is 15.2. The van der Waals surface area contributed by atoms with Crippen LogP contribution in [0.4, 0.5) is 0 Å². The average molecular weight is 294 g/mol. The molecule has 0 heterocycles. The van der Waals surface area contributed by atoms with Gasteiger partial charge in [-0.3, -0.25) is 0 Å². The predicted octanol–water partition coefficient (Wildman–Crippen LogP) is 6.32. The summed E-state index contributed by atoms with van der Waals surface area (Å²) in [5.74, 6) is 0. The summed E-state index contributed by atoms with van der Waals surface area (Å²) in [6.45, 7) is 16.1.